The van der Waals surface area contributed by atoms with Crippen LogP contribution in [0, 0.1) is 23.3 Å². The molecule has 600 valence electrons. The van der Waals surface area contributed by atoms with Gasteiger partial charge in [-0.3, -0.25) is 72.9 Å². The highest BCUT2D eigenvalue weighted by Gasteiger charge is 2.21. The first kappa shape index (κ1) is 85.1. The number of anilines is 5. The van der Waals surface area contributed by atoms with Crippen LogP contribution >= 0.6 is 23.2 Å². The molecule has 35 heteroatoms. The summed E-state index contributed by atoms with van der Waals surface area (Å²) in [6.45, 7) is 0. The van der Waals surface area contributed by atoms with Gasteiger partial charge < -0.3 is 51.5 Å². The number of benzene rings is 5. The molecular formula is C85H60Cl2F4N16O12S. The molecule has 0 aliphatic carbocycles. The van der Waals surface area contributed by atoms with Gasteiger partial charge in [0.1, 0.15) is 40.1 Å². The van der Waals surface area contributed by atoms with Gasteiger partial charge in [0.15, 0.2) is 11.6 Å². The topological polar surface area (TPSA) is 434 Å². The van der Waals surface area contributed by atoms with Gasteiger partial charge in [0.05, 0.1) is 26.6 Å². The standard InChI is InChI=1S/2C17H12ClN3O2.2C17H11F2N3O2.C17H14N4O4S/c18-14-3-1-12(2-4-14)16(22)21-15-9-13(10-20-17(15)23)11-5-7-19-8-6-11;18-14-4-2-1-3-13(14)16(22)21-15-9-12(10-20-17(15)23)11-5-7-19-8-6-11;18-12-1-2-14(19)13(8-12)16(23)22-15-7-11(9-21-17(15)24)10-3-5-20-6-4-10;18-13-3-1-2-12(15(13)19)16(23)22-14-8-11(9-21-17(14)24)10-4-6-20-7-5-10;18-26(24,25)14-3-1-12(2-4-14)16(22)21-15-9-13(10-20-17(15)23)11-5-7-19-8-6-11/h2*1-10H,(H,20,23)(H,21,22);2*1-9H,(H,21,24)(H,22,23);1-10H,(H,20,23)(H,21,22)(H2,18,24,25). The monoisotopic (exact) mass is 1670 g/mol. The number of primary sulfonamides is 1. The predicted molar refractivity (Wildman–Crippen MR) is 445 cm³/mol. The van der Waals surface area contributed by atoms with Gasteiger partial charge in [-0.05, 0) is 210 Å². The van der Waals surface area contributed by atoms with Crippen molar-refractivity contribution in [3.8, 4) is 55.6 Å². The minimum atomic E-state index is -3.84. The van der Waals surface area contributed by atoms with Crippen LogP contribution in [-0.2, 0) is 10.0 Å². The van der Waals surface area contributed by atoms with Crippen molar-refractivity contribution >= 4 is 91.2 Å². The molecule has 10 heterocycles. The molecule has 120 heavy (non-hydrogen) atoms. The largest absolute Gasteiger partial charge is 0.327 e. The summed E-state index contributed by atoms with van der Waals surface area (Å²) >= 11 is 11.8. The molecule has 5 aromatic carbocycles. The van der Waals surface area contributed by atoms with Crippen molar-refractivity contribution in [2.45, 2.75) is 4.90 Å². The van der Waals surface area contributed by atoms with Crippen LogP contribution in [0.5, 0.6) is 0 Å². The van der Waals surface area contributed by atoms with E-state index in [9.17, 15) is 73.9 Å². The minimum Gasteiger partial charge on any atom is -0.327 e. The van der Waals surface area contributed by atoms with E-state index in [4.69, 9.17) is 28.3 Å². The Morgan fingerprint density at radius 3 is 0.950 bits per heavy atom. The molecule has 10 aromatic heterocycles. The highest BCUT2D eigenvalue weighted by molar-refractivity contribution is 7.89. The Morgan fingerprint density at radius 2 is 0.617 bits per heavy atom. The molecule has 28 nitrogen and oxygen atoms in total. The first-order valence-corrected chi connectivity index (χ1v) is 37.3. The summed E-state index contributed by atoms with van der Waals surface area (Å²) in [6, 6.07) is 49.3. The molecule has 15 aromatic rings. The number of nitrogens with zero attached hydrogens (tertiary/aromatic N) is 5. The normalized spacial score (nSPS) is 10.5. The van der Waals surface area contributed by atoms with Crippen molar-refractivity contribution in [2.75, 3.05) is 26.6 Å². The van der Waals surface area contributed by atoms with Crippen LogP contribution in [0.4, 0.5) is 46.0 Å². The van der Waals surface area contributed by atoms with E-state index in [0.29, 0.717) is 37.9 Å². The molecule has 0 unspecified atom stereocenters. The number of nitrogens with two attached hydrogens (primary N) is 1. The molecule has 0 spiro atoms. The molecule has 0 saturated heterocycles. The Morgan fingerprint density at radius 1 is 0.317 bits per heavy atom. The maximum Gasteiger partial charge on any atom is 0.271 e. The quantitative estimate of drug-likeness (QED) is 0.0400. The minimum absolute atomic E-state index is 0.0693. The number of hydrogen-bond donors (Lipinski definition) is 11. The number of carbonyl (C=O) groups is 5. The van der Waals surface area contributed by atoms with E-state index in [2.05, 4.69) is 76.4 Å². The van der Waals surface area contributed by atoms with Crippen molar-refractivity contribution < 1.29 is 50.0 Å². The number of aromatic nitrogens is 10. The van der Waals surface area contributed by atoms with E-state index in [1.807, 2.05) is 24.3 Å². The molecule has 5 amide bonds. The van der Waals surface area contributed by atoms with E-state index in [1.165, 1.54) is 61.1 Å². The third kappa shape index (κ3) is 23.0. The number of sulfonamides is 1. The van der Waals surface area contributed by atoms with E-state index in [0.717, 1.165) is 69.3 Å². The summed E-state index contributed by atoms with van der Waals surface area (Å²) in [5, 5.41) is 18.2. The third-order valence-corrected chi connectivity index (χ3v) is 18.4. The summed E-state index contributed by atoms with van der Waals surface area (Å²) < 4.78 is 76.2. The number of rotatable bonds is 16. The molecule has 0 fully saturated rings. The Labute approximate surface area is 685 Å². The number of H-pyrrole nitrogens is 5. The molecule has 0 radical (unpaired) electrons. The van der Waals surface area contributed by atoms with Gasteiger partial charge in [0, 0.05) is 137 Å². The van der Waals surface area contributed by atoms with Crippen LogP contribution in [0.25, 0.3) is 55.6 Å². The van der Waals surface area contributed by atoms with Crippen LogP contribution < -0.4 is 59.5 Å². The van der Waals surface area contributed by atoms with Gasteiger partial charge in [-0.15, -0.1) is 0 Å². The Bertz CT molecular complexity index is 6580. The van der Waals surface area contributed by atoms with Crippen LogP contribution in [0.3, 0.4) is 0 Å². The van der Waals surface area contributed by atoms with E-state index >= 15 is 0 Å². The lowest BCUT2D eigenvalue weighted by atomic mass is 10.1. The maximum absolute atomic E-state index is 13.7. The van der Waals surface area contributed by atoms with Gasteiger partial charge in [0.25, 0.3) is 57.3 Å². The summed E-state index contributed by atoms with van der Waals surface area (Å²) in [5.74, 6) is -7.22. The highest BCUT2D eigenvalue weighted by Crippen LogP contribution is 2.27. The predicted octanol–water partition coefficient (Wildman–Crippen LogP) is 14.0. The Balaban J connectivity index is 0.000000147. The number of hydrogen-bond acceptors (Lipinski definition) is 17. The van der Waals surface area contributed by atoms with Gasteiger partial charge in [-0.1, -0.05) is 41.4 Å². The average Bonchev–Trinajstić information content (AvgIpc) is 0.817. The number of aromatic amines is 5. The molecule has 0 atom stereocenters. The van der Waals surface area contributed by atoms with Gasteiger partial charge in [-0.25, -0.2) is 31.1 Å². The zero-order chi connectivity index (χ0) is 85.4. The molecule has 12 N–H and O–H groups in total. The van der Waals surface area contributed by atoms with Gasteiger partial charge in [-0.2, -0.15) is 0 Å². The van der Waals surface area contributed by atoms with E-state index in [1.54, 1.807) is 177 Å². The third-order valence-electron chi connectivity index (χ3n) is 16.9. The van der Waals surface area contributed by atoms with Crippen molar-refractivity contribution in [2.24, 2.45) is 5.14 Å². The fourth-order valence-electron chi connectivity index (χ4n) is 10.8. The summed E-state index contributed by atoms with van der Waals surface area (Å²) in [6.07, 6.45) is 23.9. The number of amides is 5. The molecule has 0 saturated carbocycles. The lowest BCUT2D eigenvalue weighted by Gasteiger charge is -2.08. The Hall–Kier alpha value is -15.8. The van der Waals surface area contributed by atoms with Crippen LogP contribution in [0.15, 0.2) is 322 Å². The SMILES string of the molecule is NS(=O)(=O)c1ccc(C(=O)Nc2cc(-c3ccncc3)c[nH]c2=O)cc1.O=C(Nc1cc(-c2ccncc2)c[nH]c1=O)c1cc(F)ccc1F.O=C(Nc1cc(-c2ccncc2)c[nH]c1=O)c1ccc(Cl)cc1.O=C(Nc1cc(-c2ccncc2)c[nH]c1=O)c1cccc(F)c1F.O=C(Nc1cc(-c2ccncc2)c[nH]c1=O)c1ccccc1Cl. The molecule has 0 aliphatic rings. The summed E-state index contributed by atoms with van der Waals surface area (Å²) in [7, 11) is -3.84. The zero-order valence-corrected chi connectivity index (χ0v) is 63.9. The number of pyridine rings is 10. The van der Waals surface area contributed by atoms with E-state index in [-0.39, 0.29) is 55.9 Å². The van der Waals surface area contributed by atoms with Crippen molar-refractivity contribution in [3.63, 3.8) is 0 Å². The van der Waals surface area contributed by atoms with E-state index < -0.39 is 84.7 Å². The smallest absolute Gasteiger partial charge is 0.271 e. The number of nitrogens with one attached hydrogen (secondary N) is 10. The Kier molecular flexibility index (Phi) is 28.3. The van der Waals surface area contributed by atoms with Crippen molar-refractivity contribution in [1.29, 1.82) is 0 Å². The average molecular weight is 1680 g/mol. The summed E-state index contributed by atoms with van der Waals surface area (Å²) in [4.78, 5) is 153. The molecule has 15 rings (SSSR count). The molecule has 0 aliphatic heterocycles. The van der Waals surface area contributed by atoms with Crippen LogP contribution in [0.1, 0.15) is 51.8 Å². The second-order valence-corrected chi connectivity index (χ2v) is 27.3. The van der Waals surface area contributed by atoms with Crippen molar-refractivity contribution in [3.05, 3.63) is 406 Å². The first-order chi connectivity index (χ1) is 57.7. The molecule has 0 bridgehead atoms. The first-order valence-electron chi connectivity index (χ1n) is 35.0. The second kappa shape index (κ2) is 40.0. The fraction of sp³-hybridized carbons (Fsp3) is 0. The maximum atomic E-state index is 13.7. The van der Waals surface area contributed by atoms with Gasteiger partial charge in [0.2, 0.25) is 10.0 Å². The number of halogens is 6. The lowest BCUT2D eigenvalue weighted by Crippen LogP contribution is -2.21. The zero-order valence-electron chi connectivity index (χ0n) is 61.6. The number of carbonyl (C=O) groups excluding carboxylic acids is 5. The lowest BCUT2D eigenvalue weighted by molar-refractivity contribution is 0.101. The van der Waals surface area contributed by atoms with Gasteiger partial charge >= 0.3 is 0 Å². The highest BCUT2D eigenvalue weighted by atomic mass is 35.5. The molecular weight excluding hydrogens is 1620 g/mol. The second-order valence-electron chi connectivity index (χ2n) is 24.9. The van der Waals surface area contributed by atoms with Crippen LogP contribution in [0.2, 0.25) is 10.0 Å². The summed E-state index contributed by atoms with van der Waals surface area (Å²) in [5.41, 5.74) is 5.52. The fourth-order valence-corrected chi connectivity index (χ4v) is 11.7. The van der Waals surface area contributed by atoms with Crippen molar-refractivity contribution in [1.82, 2.24) is 49.8 Å². The van der Waals surface area contributed by atoms with Crippen LogP contribution in [-0.4, -0.2) is 87.8 Å².